The third kappa shape index (κ3) is 3.18. The lowest BCUT2D eigenvalue weighted by Crippen LogP contribution is -2.49. The maximum absolute atomic E-state index is 11.7. The summed E-state index contributed by atoms with van der Waals surface area (Å²) in [5, 5.41) is 12.5. The first kappa shape index (κ1) is 18.6. The Morgan fingerprint density at radius 3 is 2.71 bits per heavy atom. The number of hydrogen-bond donors (Lipinski definition) is 1. The molecule has 0 radical (unpaired) electrons. The van der Waals surface area contributed by atoms with E-state index >= 15 is 0 Å². The van der Waals surface area contributed by atoms with Crippen LogP contribution in [0.15, 0.2) is 24.5 Å². The molecule has 2 aliphatic heterocycles. The van der Waals surface area contributed by atoms with Crippen molar-refractivity contribution in [2.45, 2.75) is 32.4 Å². The van der Waals surface area contributed by atoms with E-state index in [-0.39, 0.29) is 11.9 Å². The number of rotatable bonds is 3. The van der Waals surface area contributed by atoms with Gasteiger partial charge in [0.25, 0.3) is 0 Å². The van der Waals surface area contributed by atoms with Gasteiger partial charge in [-0.1, -0.05) is 6.92 Å². The number of likely N-dealkylation sites (N-methyl/N-ethyl adjacent to an activating group) is 1. The Bertz CT molecular complexity index is 938. The second-order valence-corrected chi connectivity index (χ2v) is 8.11. The molecule has 2 fully saturated rings. The SMILES string of the molecule is CC(=O)N[C@H]1CCN(C)C1[C@H]1CN(c2ccc(C#N)c3nccnc23)C[C@@H]1C. The zero-order chi connectivity index (χ0) is 19.8. The number of amides is 1. The summed E-state index contributed by atoms with van der Waals surface area (Å²) in [6.45, 7) is 6.73. The molecule has 1 aromatic carbocycles. The van der Waals surface area contributed by atoms with Gasteiger partial charge in [0.05, 0.1) is 11.3 Å². The fraction of sp³-hybridized carbons (Fsp3) is 0.524. The summed E-state index contributed by atoms with van der Waals surface area (Å²) in [7, 11) is 2.16. The molecule has 4 rings (SSSR count). The first-order valence-corrected chi connectivity index (χ1v) is 9.85. The van der Waals surface area contributed by atoms with Crippen LogP contribution >= 0.6 is 0 Å². The number of nitrogens with one attached hydrogen (secondary N) is 1. The molecule has 4 atom stereocenters. The van der Waals surface area contributed by atoms with Gasteiger partial charge in [-0.3, -0.25) is 14.8 Å². The minimum Gasteiger partial charge on any atom is -0.369 e. The fourth-order valence-corrected chi connectivity index (χ4v) is 5.04. The fourth-order valence-electron chi connectivity index (χ4n) is 5.04. The highest BCUT2D eigenvalue weighted by atomic mass is 16.1. The van der Waals surface area contributed by atoms with Crippen molar-refractivity contribution in [3.05, 3.63) is 30.1 Å². The molecule has 0 spiro atoms. The van der Waals surface area contributed by atoms with Gasteiger partial charge < -0.3 is 15.1 Å². The van der Waals surface area contributed by atoms with E-state index in [1.54, 1.807) is 19.3 Å². The van der Waals surface area contributed by atoms with Crippen molar-refractivity contribution in [3.8, 4) is 6.07 Å². The molecule has 1 unspecified atom stereocenters. The van der Waals surface area contributed by atoms with Crippen molar-refractivity contribution in [1.82, 2.24) is 20.2 Å². The molecule has 0 bridgehead atoms. The van der Waals surface area contributed by atoms with Crippen molar-refractivity contribution in [2.75, 3.05) is 31.6 Å². The molecule has 28 heavy (non-hydrogen) atoms. The molecule has 2 saturated heterocycles. The summed E-state index contributed by atoms with van der Waals surface area (Å²) < 4.78 is 0. The molecule has 0 aliphatic carbocycles. The second-order valence-electron chi connectivity index (χ2n) is 8.11. The summed E-state index contributed by atoms with van der Waals surface area (Å²) in [6.07, 6.45) is 4.31. The zero-order valence-electron chi connectivity index (χ0n) is 16.6. The van der Waals surface area contributed by atoms with E-state index < -0.39 is 0 Å². The molecular weight excluding hydrogens is 352 g/mol. The van der Waals surface area contributed by atoms with E-state index in [0.29, 0.717) is 29.0 Å². The van der Waals surface area contributed by atoms with Crippen molar-refractivity contribution < 1.29 is 4.79 Å². The summed E-state index contributed by atoms with van der Waals surface area (Å²) in [6, 6.07) is 6.58. The standard InChI is InChI=1S/C21H26N6O/c1-13-11-27(12-16(13)21-17(25-14(2)28)6-9-26(21)3)18-5-4-15(10-22)19-20(18)24-8-7-23-19/h4-5,7-8,13,16-17,21H,6,9,11-12H2,1-3H3,(H,25,28)/t13-,16-,17-,21?/m0/s1. The van der Waals surface area contributed by atoms with Crippen molar-refractivity contribution in [1.29, 1.82) is 5.26 Å². The number of nitriles is 1. The first-order chi connectivity index (χ1) is 13.5. The summed E-state index contributed by atoms with van der Waals surface area (Å²) >= 11 is 0. The lowest BCUT2D eigenvalue weighted by molar-refractivity contribution is -0.119. The van der Waals surface area contributed by atoms with Crippen LogP contribution in [-0.2, 0) is 4.79 Å². The predicted molar refractivity (Wildman–Crippen MR) is 108 cm³/mol. The van der Waals surface area contributed by atoms with Crippen LogP contribution in [0.5, 0.6) is 0 Å². The van der Waals surface area contributed by atoms with Crippen LogP contribution in [0.2, 0.25) is 0 Å². The van der Waals surface area contributed by atoms with Crippen LogP contribution in [0.25, 0.3) is 11.0 Å². The van der Waals surface area contributed by atoms with Crippen LogP contribution in [0, 0.1) is 23.2 Å². The Balaban J connectivity index is 1.64. The number of nitrogens with zero attached hydrogens (tertiary/aromatic N) is 5. The highest BCUT2D eigenvalue weighted by Gasteiger charge is 2.44. The minimum absolute atomic E-state index is 0.0427. The summed E-state index contributed by atoms with van der Waals surface area (Å²) in [5.74, 6) is 0.983. The highest BCUT2D eigenvalue weighted by Crippen LogP contribution is 2.37. The summed E-state index contributed by atoms with van der Waals surface area (Å²) in [5.41, 5.74) is 3.03. The Morgan fingerprint density at radius 2 is 2.00 bits per heavy atom. The molecule has 1 N–H and O–H groups in total. The second kappa shape index (κ2) is 7.36. The molecule has 0 saturated carbocycles. The average Bonchev–Trinajstić information content (AvgIpc) is 3.22. The highest BCUT2D eigenvalue weighted by molar-refractivity contribution is 5.92. The van der Waals surface area contributed by atoms with E-state index in [9.17, 15) is 10.1 Å². The van der Waals surface area contributed by atoms with E-state index in [4.69, 9.17) is 0 Å². The minimum atomic E-state index is 0.0427. The Hall–Kier alpha value is -2.72. The monoisotopic (exact) mass is 378 g/mol. The van der Waals surface area contributed by atoms with Crippen LogP contribution in [0.4, 0.5) is 5.69 Å². The Morgan fingerprint density at radius 1 is 1.25 bits per heavy atom. The molecule has 3 heterocycles. The van der Waals surface area contributed by atoms with Gasteiger partial charge in [-0.2, -0.15) is 5.26 Å². The number of carbonyl (C=O) groups is 1. The van der Waals surface area contributed by atoms with Gasteiger partial charge in [-0.05, 0) is 37.4 Å². The molecule has 7 heteroatoms. The summed E-state index contributed by atoms with van der Waals surface area (Å²) in [4.78, 5) is 25.3. The van der Waals surface area contributed by atoms with E-state index in [2.05, 4.69) is 45.1 Å². The molecule has 1 amide bonds. The maximum atomic E-state index is 11.7. The van der Waals surface area contributed by atoms with Gasteiger partial charge in [0, 0.05) is 51.0 Å². The molecule has 1 aromatic heterocycles. The van der Waals surface area contributed by atoms with Gasteiger partial charge in [0.15, 0.2) is 0 Å². The topological polar surface area (TPSA) is 85.2 Å². The van der Waals surface area contributed by atoms with Crippen molar-refractivity contribution in [2.24, 2.45) is 11.8 Å². The van der Waals surface area contributed by atoms with E-state index in [1.165, 1.54) is 0 Å². The van der Waals surface area contributed by atoms with Crippen LogP contribution in [0.1, 0.15) is 25.8 Å². The first-order valence-electron chi connectivity index (χ1n) is 9.85. The third-order valence-electron chi connectivity index (χ3n) is 6.28. The van der Waals surface area contributed by atoms with Crippen molar-refractivity contribution >= 4 is 22.6 Å². The predicted octanol–water partition coefficient (Wildman–Crippen LogP) is 1.78. The lowest BCUT2D eigenvalue weighted by atomic mass is 9.86. The Labute approximate surface area is 165 Å². The average molecular weight is 378 g/mol. The number of benzene rings is 1. The smallest absolute Gasteiger partial charge is 0.217 e. The van der Waals surface area contributed by atoms with Gasteiger partial charge in [-0.25, -0.2) is 0 Å². The molecule has 2 aromatic rings. The number of hydrogen-bond acceptors (Lipinski definition) is 6. The normalized spacial score (nSPS) is 27.9. The molecule has 146 valence electrons. The number of fused-ring (bicyclic) bond motifs is 1. The maximum Gasteiger partial charge on any atom is 0.217 e. The molecular formula is C21H26N6O. The third-order valence-corrected chi connectivity index (χ3v) is 6.28. The van der Waals surface area contributed by atoms with Gasteiger partial charge >= 0.3 is 0 Å². The van der Waals surface area contributed by atoms with Gasteiger partial charge in [0.2, 0.25) is 5.91 Å². The van der Waals surface area contributed by atoms with Gasteiger partial charge in [0.1, 0.15) is 17.1 Å². The van der Waals surface area contributed by atoms with E-state index in [0.717, 1.165) is 37.3 Å². The molecule has 2 aliphatic rings. The van der Waals surface area contributed by atoms with Gasteiger partial charge in [-0.15, -0.1) is 0 Å². The van der Waals surface area contributed by atoms with Crippen molar-refractivity contribution in [3.63, 3.8) is 0 Å². The van der Waals surface area contributed by atoms with E-state index in [1.807, 2.05) is 12.1 Å². The number of likely N-dealkylation sites (tertiary alicyclic amines) is 1. The van der Waals surface area contributed by atoms with Crippen LogP contribution in [0.3, 0.4) is 0 Å². The Kier molecular flexibility index (Phi) is 4.90. The number of carbonyl (C=O) groups excluding carboxylic acids is 1. The number of aromatic nitrogens is 2. The number of anilines is 1. The largest absolute Gasteiger partial charge is 0.369 e. The quantitative estimate of drug-likeness (QED) is 0.876. The van der Waals surface area contributed by atoms with Crippen LogP contribution in [-0.4, -0.2) is 59.5 Å². The molecule has 7 nitrogen and oxygen atoms in total. The lowest BCUT2D eigenvalue weighted by Gasteiger charge is -2.33. The van der Waals surface area contributed by atoms with Crippen LogP contribution < -0.4 is 10.2 Å². The zero-order valence-corrected chi connectivity index (χ0v) is 16.6.